The Labute approximate surface area is 94.8 Å². The molecule has 0 amide bonds. The largest absolute Gasteiger partial charge is 0.385 e. The Hall–Kier alpha value is -0.0800. The monoisotopic (exact) mass is 213 g/mol. The standard InChI is InChI=1S/C13H27NO/c1-4-12(5-2)14-11-13(7-6-8-13)9-10-15-3/h12,14H,4-11H2,1-3H3. The van der Waals surface area contributed by atoms with Gasteiger partial charge in [0.2, 0.25) is 0 Å². The lowest BCUT2D eigenvalue weighted by atomic mass is 9.66. The third-order valence-corrected chi connectivity index (χ3v) is 4.00. The molecule has 2 heteroatoms. The molecule has 1 fully saturated rings. The molecule has 1 aliphatic rings. The van der Waals surface area contributed by atoms with Gasteiger partial charge in [-0.1, -0.05) is 20.3 Å². The van der Waals surface area contributed by atoms with Gasteiger partial charge in [0.1, 0.15) is 0 Å². The molecule has 0 aliphatic heterocycles. The van der Waals surface area contributed by atoms with E-state index < -0.39 is 0 Å². The Morgan fingerprint density at radius 1 is 1.27 bits per heavy atom. The van der Waals surface area contributed by atoms with Gasteiger partial charge in [-0.05, 0) is 37.5 Å². The maximum Gasteiger partial charge on any atom is 0.0468 e. The van der Waals surface area contributed by atoms with Crippen LogP contribution in [0, 0.1) is 5.41 Å². The lowest BCUT2D eigenvalue weighted by Crippen LogP contribution is -2.44. The molecule has 0 spiro atoms. The van der Waals surface area contributed by atoms with E-state index in [9.17, 15) is 0 Å². The summed E-state index contributed by atoms with van der Waals surface area (Å²) < 4.78 is 5.20. The van der Waals surface area contributed by atoms with Crippen LogP contribution in [-0.4, -0.2) is 26.3 Å². The fraction of sp³-hybridized carbons (Fsp3) is 1.00. The van der Waals surface area contributed by atoms with Crippen LogP contribution in [0.3, 0.4) is 0 Å². The Morgan fingerprint density at radius 2 is 1.93 bits per heavy atom. The molecule has 1 N–H and O–H groups in total. The van der Waals surface area contributed by atoms with E-state index in [-0.39, 0.29) is 0 Å². The number of methoxy groups -OCH3 is 1. The zero-order valence-electron chi connectivity index (χ0n) is 10.6. The second-order valence-corrected chi connectivity index (χ2v) is 4.99. The Bertz CT molecular complexity index is 162. The molecule has 0 atom stereocenters. The van der Waals surface area contributed by atoms with Crippen LogP contribution in [0.1, 0.15) is 52.4 Å². The minimum absolute atomic E-state index is 0.568. The molecule has 0 aromatic rings. The van der Waals surface area contributed by atoms with E-state index in [0.717, 1.165) is 6.61 Å². The summed E-state index contributed by atoms with van der Waals surface area (Å²) in [7, 11) is 1.81. The summed E-state index contributed by atoms with van der Waals surface area (Å²) in [5, 5.41) is 3.72. The van der Waals surface area contributed by atoms with Crippen LogP contribution in [0.4, 0.5) is 0 Å². The van der Waals surface area contributed by atoms with Gasteiger partial charge in [0.15, 0.2) is 0 Å². The van der Waals surface area contributed by atoms with Crippen LogP contribution in [0.2, 0.25) is 0 Å². The van der Waals surface area contributed by atoms with E-state index in [4.69, 9.17) is 4.74 Å². The van der Waals surface area contributed by atoms with E-state index in [2.05, 4.69) is 19.2 Å². The fourth-order valence-electron chi connectivity index (χ4n) is 2.45. The van der Waals surface area contributed by atoms with Crippen LogP contribution in [0.15, 0.2) is 0 Å². The number of hydrogen-bond acceptors (Lipinski definition) is 2. The van der Waals surface area contributed by atoms with Crippen molar-refractivity contribution in [2.45, 2.75) is 58.4 Å². The molecule has 0 unspecified atom stereocenters. The van der Waals surface area contributed by atoms with Gasteiger partial charge in [0.05, 0.1) is 0 Å². The highest BCUT2D eigenvalue weighted by Crippen LogP contribution is 2.43. The normalized spacial score (nSPS) is 19.2. The highest BCUT2D eigenvalue weighted by atomic mass is 16.5. The second-order valence-electron chi connectivity index (χ2n) is 4.99. The molecule has 0 heterocycles. The summed E-state index contributed by atoms with van der Waals surface area (Å²) in [6.45, 7) is 6.65. The molecule has 0 radical (unpaired) electrons. The molecule has 1 aliphatic carbocycles. The van der Waals surface area contributed by atoms with Gasteiger partial charge in [0.25, 0.3) is 0 Å². The van der Waals surface area contributed by atoms with Crippen molar-refractivity contribution in [2.75, 3.05) is 20.3 Å². The molecular weight excluding hydrogens is 186 g/mol. The first-order valence-corrected chi connectivity index (χ1v) is 6.48. The quantitative estimate of drug-likeness (QED) is 0.669. The Morgan fingerprint density at radius 3 is 2.33 bits per heavy atom. The van der Waals surface area contributed by atoms with E-state index in [1.165, 1.54) is 45.1 Å². The summed E-state index contributed by atoms with van der Waals surface area (Å²) in [4.78, 5) is 0. The third-order valence-electron chi connectivity index (χ3n) is 4.00. The van der Waals surface area contributed by atoms with Crippen molar-refractivity contribution in [2.24, 2.45) is 5.41 Å². The van der Waals surface area contributed by atoms with Crippen molar-refractivity contribution < 1.29 is 4.74 Å². The van der Waals surface area contributed by atoms with E-state index >= 15 is 0 Å². The zero-order valence-corrected chi connectivity index (χ0v) is 10.6. The van der Waals surface area contributed by atoms with Gasteiger partial charge in [-0.3, -0.25) is 0 Å². The number of hydrogen-bond donors (Lipinski definition) is 1. The lowest BCUT2D eigenvalue weighted by Gasteiger charge is -2.43. The van der Waals surface area contributed by atoms with Crippen LogP contribution in [0.25, 0.3) is 0 Å². The summed E-state index contributed by atoms with van der Waals surface area (Å²) in [5.41, 5.74) is 0.568. The summed E-state index contributed by atoms with van der Waals surface area (Å²) in [6, 6.07) is 0.713. The van der Waals surface area contributed by atoms with Crippen LogP contribution < -0.4 is 5.32 Å². The molecule has 1 rings (SSSR count). The maximum absolute atomic E-state index is 5.20. The predicted octanol–water partition coefficient (Wildman–Crippen LogP) is 2.97. The Kier molecular flexibility index (Phi) is 5.62. The van der Waals surface area contributed by atoms with Crippen LogP contribution in [-0.2, 0) is 4.74 Å². The van der Waals surface area contributed by atoms with Crippen molar-refractivity contribution in [3.8, 4) is 0 Å². The van der Waals surface area contributed by atoms with E-state index in [1.54, 1.807) is 7.11 Å². The lowest BCUT2D eigenvalue weighted by molar-refractivity contribution is 0.0660. The summed E-state index contributed by atoms with van der Waals surface area (Å²) >= 11 is 0. The van der Waals surface area contributed by atoms with Crippen molar-refractivity contribution in [3.63, 3.8) is 0 Å². The number of rotatable bonds is 8. The molecule has 1 saturated carbocycles. The van der Waals surface area contributed by atoms with Gasteiger partial charge in [-0.2, -0.15) is 0 Å². The van der Waals surface area contributed by atoms with Gasteiger partial charge in [-0.15, -0.1) is 0 Å². The van der Waals surface area contributed by atoms with Crippen LogP contribution in [0.5, 0.6) is 0 Å². The molecule has 0 aromatic carbocycles. The average molecular weight is 213 g/mol. The number of ether oxygens (including phenoxy) is 1. The summed E-state index contributed by atoms with van der Waals surface area (Å²) in [6.07, 6.45) is 7.92. The van der Waals surface area contributed by atoms with Gasteiger partial charge in [-0.25, -0.2) is 0 Å². The van der Waals surface area contributed by atoms with E-state index in [1.807, 2.05) is 0 Å². The average Bonchev–Trinajstić information content (AvgIpc) is 2.21. The first-order valence-electron chi connectivity index (χ1n) is 6.48. The SMILES string of the molecule is CCC(CC)NCC1(CCOC)CCC1. The minimum Gasteiger partial charge on any atom is -0.385 e. The molecule has 0 aromatic heterocycles. The fourth-order valence-corrected chi connectivity index (χ4v) is 2.45. The van der Waals surface area contributed by atoms with Gasteiger partial charge < -0.3 is 10.1 Å². The topological polar surface area (TPSA) is 21.3 Å². The van der Waals surface area contributed by atoms with Crippen molar-refractivity contribution >= 4 is 0 Å². The molecule has 15 heavy (non-hydrogen) atoms. The molecular formula is C13H27NO. The maximum atomic E-state index is 5.20. The second kappa shape index (κ2) is 6.49. The van der Waals surface area contributed by atoms with Crippen molar-refractivity contribution in [1.82, 2.24) is 5.32 Å². The third kappa shape index (κ3) is 3.76. The molecule has 90 valence electrons. The highest BCUT2D eigenvalue weighted by Gasteiger charge is 2.36. The van der Waals surface area contributed by atoms with E-state index in [0.29, 0.717) is 11.5 Å². The number of nitrogens with one attached hydrogen (secondary N) is 1. The van der Waals surface area contributed by atoms with Gasteiger partial charge >= 0.3 is 0 Å². The first kappa shape index (κ1) is 13.0. The molecule has 2 nitrogen and oxygen atoms in total. The minimum atomic E-state index is 0.568. The predicted molar refractivity (Wildman–Crippen MR) is 65.1 cm³/mol. The zero-order chi connectivity index (χ0) is 11.1. The first-order chi connectivity index (χ1) is 7.26. The van der Waals surface area contributed by atoms with Crippen molar-refractivity contribution in [3.05, 3.63) is 0 Å². The highest BCUT2D eigenvalue weighted by molar-refractivity contribution is 4.90. The summed E-state index contributed by atoms with van der Waals surface area (Å²) in [5.74, 6) is 0. The van der Waals surface area contributed by atoms with Crippen molar-refractivity contribution in [1.29, 1.82) is 0 Å². The smallest absolute Gasteiger partial charge is 0.0468 e. The van der Waals surface area contributed by atoms with Crippen LogP contribution >= 0.6 is 0 Å². The molecule has 0 saturated heterocycles. The Balaban J connectivity index is 2.26. The molecule has 0 bridgehead atoms. The van der Waals surface area contributed by atoms with Gasteiger partial charge in [0, 0.05) is 26.3 Å².